The topological polar surface area (TPSA) is 92.3 Å². The van der Waals surface area contributed by atoms with E-state index in [1.54, 1.807) is 24.6 Å². The van der Waals surface area contributed by atoms with Crippen LogP contribution in [0.2, 0.25) is 0 Å². The Bertz CT molecular complexity index is 1090. The van der Waals surface area contributed by atoms with Crippen molar-refractivity contribution in [2.24, 2.45) is 21.6 Å². The number of amides is 1. The van der Waals surface area contributed by atoms with Crippen LogP contribution >= 0.6 is 11.3 Å². The number of amidine groups is 1. The van der Waals surface area contributed by atoms with Crippen LogP contribution in [-0.4, -0.2) is 49.1 Å². The summed E-state index contributed by atoms with van der Waals surface area (Å²) in [6.07, 6.45) is 5.90. The maximum Gasteiger partial charge on any atom is 0.212 e. The first kappa shape index (κ1) is 24.2. The summed E-state index contributed by atoms with van der Waals surface area (Å²) in [5.74, 6) is 2.30. The molecule has 1 aromatic carbocycles. The lowest BCUT2D eigenvalue weighted by Gasteiger charge is -2.45. The number of methoxy groups -OCH3 is 1. The highest BCUT2D eigenvalue weighted by molar-refractivity contribution is 7.14. The number of aliphatic imine (C=N–C) groups is 2. The number of piperidine rings is 3. The Kier molecular flexibility index (Phi) is 7.80. The molecule has 0 radical (unpaired) electrons. The van der Waals surface area contributed by atoms with Crippen LogP contribution in [-0.2, 0) is 11.3 Å². The Morgan fingerprint density at radius 1 is 1.29 bits per heavy atom. The van der Waals surface area contributed by atoms with Gasteiger partial charge in [0.15, 0.2) is 0 Å². The molecule has 1 atom stereocenters. The van der Waals surface area contributed by atoms with E-state index < -0.39 is 0 Å². The van der Waals surface area contributed by atoms with Crippen molar-refractivity contribution in [3.63, 3.8) is 0 Å². The summed E-state index contributed by atoms with van der Waals surface area (Å²) in [5, 5.41) is 2.90. The molecule has 0 spiro atoms. The molecule has 0 aliphatic carbocycles. The third-order valence-electron chi connectivity index (χ3n) is 6.78. The number of thiophene rings is 1. The number of hydrogen-bond donors (Lipinski definition) is 2. The van der Waals surface area contributed by atoms with Crippen LogP contribution < -0.4 is 15.8 Å². The van der Waals surface area contributed by atoms with E-state index >= 15 is 0 Å². The fraction of sp³-hybridized carbons (Fsp3) is 0.423. The predicted octanol–water partition coefficient (Wildman–Crippen LogP) is 4.29. The van der Waals surface area contributed by atoms with Crippen LogP contribution in [0.3, 0.4) is 0 Å². The van der Waals surface area contributed by atoms with Gasteiger partial charge in [-0.15, -0.1) is 11.3 Å². The van der Waals surface area contributed by atoms with Crippen LogP contribution in [0.1, 0.15) is 41.5 Å². The molecule has 180 valence electrons. The van der Waals surface area contributed by atoms with Crippen LogP contribution in [0, 0.1) is 12.8 Å². The van der Waals surface area contributed by atoms with Crippen molar-refractivity contribution in [2.75, 3.05) is 20.2 Å². The second-order valence-corrected chi connectivity index (χ2v) is 10.1. The quantitative estimate of drug-likeness (QED) is 0.336. The lowest BCUT2D eigenvalue weighted by molar-refractivity contribution is -0.108. The Balaban J connectivity index is 1.54. The lowest BCUT2D eigenvalue weighted by Crippen LogP contribution is -2.55. The molecule has 3 fully saturated rings. The van der Waals surface area contributed by atoms with E-state index in [2.05, 4.69) is 17.1 Å². The zero-order valence-electron chi connectivity index (χ0n) is 20.1. The molecule has 1 aromatic heterocycles. The molecule has 8 heteroatoms. The van der Waals surface area contributed by atoms with Crippen molar-refractivity contribution in [1.82, 2.24) is 10.2 Å². The first-order chi connectivity index (χ1) is 16.5. The molecular weight excluding hydrogens is 446 g/mol. The number of nitrogens with one attached hydrogen (secondary N) is 1. The molecule has 3 aliphatic heterocycles. The fourth-order valence-corrected chi connectivity index (χ4v) is 5.80. The van der Waals surface area contributed by atoms with E-state index in [-0.39, 0.29) is 6.04 Å². The van der Waals surface area contributed by atoms with Gasteiger partial charge in [0.2, 0.25) is 6.41 Å². The van der Waals surface area contributed by atoms with Crippen molar-refractivity contribution in [3.05, 3.63) is 51.8 Å². The number of carbonyl (C=O) groups is 1. The van der Waals surface area contributed by atoms with Crippen LogP contribution in [0.25, 0.3) is 5.57 Å². The van der Waals surface area contributed by atoms with Gasteiger partial charge < -0.3 is 15.8 Å². The lowest BCUT2D eigenvalue weighted by atomic mass is 9.83. The normalized spacial score (nSPS) is 23.1. The molecule has 1 unspecified atom stereocenters. The summed E-state index contributed by atoms with van der Waals surface area (Å²) < 4.78 is 5.22. The molecule has 34 heavy (non-hydrogen) atoms. The highest BCUT2D eigenvalue weighted by Gasteiger charge is 2.36. The fourth-order valence-electron chi connectivity index (χ4n) is 4.77. The Morgan fingerprint density at radius 3 is 2.62 bits per heavy atom. The number of hydrogen-bond acceptors (Lipinski definition) is 7. The number of rotatable bonds is 8. The van der Waals surface area contributed by atoms with E-state index in [0.717, 1.165) is 75.7 Å². The van der Waals surface area contributed by atoms with Crippen LogP contribution in [0.15, 0.2) is 46.5 Å². The summed E-state index contributed by atoms with van der Waals surface area (Å²) in [4.78, 5) is 25.6. The Hall–Kier alpha value is -2.97. The number of nitrogens with two attached hydrogens (primary N) is 1. The molecule has 4 heterocycles. The van der Waals surface area contributed by atoms with Gasteiger partial charge in [-0.25, -0.2) is 4.99 Å². The van der Waals surface area contributed by atoms with Crippen molar-refractivity contribution in [1.29, 1.82) is 0 Å². The summed E-state index contributed by atoms with van der Waals surface area (Å²) in [6.45, 7) is 6.75. The summed E-state index contributed by atoms with van der Waals surface area (Å²) in [6, 6.07) is 10.1. The third kappa shape index (κ3) is 5.39. The minimum Gasteiger partial charge on any atom is -0.497 e. The summed E-state index contributed by atoms with van der Waals surface area (Å²) in [7, 11) is 1.66. The SMILES string of the molecule is COc1ccc(CN=C(C)C(=CN)c2cc(N=C(NC=O)C3CC4CCN3CC4)c(C)s2)cc1. The van der Waals surface area contributed by atoms with Crippen molar-refractivity contribution in [3.8, 4) is 5.75 Å². The molecule has 0 saturated carbocycles. The van der Waals surface area contributed by atoms with E-state index in [1.807, 2.05) is 37.3 Å². The highest BCUT2D eigenvalue weighted by Crippen LogP contribution is 2.36. The number of carbonyl (C=O) groups excluding carboxylic acids is 1. The van der Waals surface area contributed by atoms with Crippen LogP contribution in [0.4, 0.5) is 5.69 Å². The molecule has 1 amide bonds. The third-order valence-corrected chi connectivity index (χ3v) is 7.85. The van der Waals surface area contributed by atoms with Gasteiger partial charge in [-0.3, -0.25) is 14.7 Å². The minimum atomic E-state index is 0.178. The Morgan fingerprint density at radius 2 is 2.03 bits per heavy atom. The standard InChI is InChI=1S/C26H33N5O2S/c1-17(28-15-20-4-6-21(33-3)7-5-20)22(14-27)25-13-23(18(2)34-25)30-26(29-16-32)24-12-19-8-10-31(24)11-9-19/h4-7,13-14,16,19,24H,8-12,15,27H2,1-3H3,(H,29,30,32). The maximum atomic E-state index is 11.4. The van der Waals surface area contributed by atoms with Gasteiger partial charge in [0, 0.05) is 27.2 Å². The average Bonchev–Trinajstić information content (AvgIpc) is 3.23. The maximum absolute atomic E-state index is 11.4. The van der Waals surface area contributed by atoms with Crippen molar-refractivity contribution in [2.45, 2.75) is 45.7 Å². The molecule has 5 rings (SSSR count). The van der Waals surface area contributed by atoms with E-state index in [0.29, 0.717) is 6.54 Å². The predicted molar refractivity (Wildman–Crippen MR) is 140 cm³/mol. The first-order valence-electron chi connectivity index (χ1n) is 11.7. The zero-order chi connectivity index (χ0) is 24.1. The molecule has 3 aliphatic rings. The minimum absolute atomic E-state index is 0.178. The number of aryl methyl sites for hydroxylation is 1. The Labute approximate surface area is 205 Å². The van der Waals surface area contributed by atoms with Gasteiger partial charge >= 0.3 is 0 Å². The van der Waals surface area contributed by atoms with Gasteiger partial charge in [-0.2, -0.15) is 0 Å². The first-order valence-corrected chi connectivity index (χ1v) is 12.5. The van der Waals surface area contributed by atoms with Crippen molar-refractivity contribution >= 4 is 40.6 Å². The monoisotopic (exact) mass is 479 g/mol. The smallest absolute Gasteiger partial charge is 0.212 e. The number of allylic oxidation sites excluding steroid dienone is 1. The summed E-state index contributed by atoms with van der Waals surface area (Å²) >= 11 is 1.64. The van der Waals surface area contributed by atoms with Gasteiger partial charge in [0.1, 0.15) is 11.6 Å². The van der Waals surface area contributed by atoms with E-state index in [1.165, 1.54) is 12.8 Å². The number of ether oxygens (including phenoxy) is 1. The molecule has 2 aromatic rings. The number of nitrogens with zero attached hydrogens (tertiary/aromatic N) is 3. The zero-order valence-corrected chi connectivity index (χ0v) is 20.9. The van der Waals surface area contributed by atoms with Crippen LogP contribution in [0.5, 0.6) is 5.75 Å². The molecule has 3 N–H and O–H groups in total. The average molecular weight is 480 g/mol. The molecule has 7 nitrogen and oxygen atoms in total. The van der Waals surface area contributed by atoms with Gasteiger partial charge in [0.05, 0.1) is 25.4 Å². The van der Waals surface area contributed by atoms with Gasteiger partial charge in [-0.05, 0) is 75.9 Å². The second-order valence-electron chi connectivity index (χ2n) is 8.87. The largest absolute Gasteiger partial charge is 0.497 e. The van der Waals surface area contributed by atoms with Crippen molar-refractivity contribution < 1.29 is 9.53 Å². The summed E-state index contributed by atoms with van der Waals surface area (Å²) in [5.41, 5.74) is 9.77. The molecule has 3 saturated heterocycles. The molecular formula is C26H33N5O2S. The highest BCUT2D eigenvalue weighted by atomic mass is 32.1. The molecule has 2 bridgehead atoms. The number of benzene rings is 1. The van der Waals surface area contributed by atoms with E-state index in [4.69, 9.17) is 20.5 Å². The number of fused-ring (bicyclic) bond motifs is 3. The van der Waals surface area contributed by atoms with Gasteiger partial charge in [-0.1, -0.05) is 12.1 Å². The van der Waals surface area contributed by atoms with Gasteiger partial charge in [0.25, 0.3) is 0 Å². The van der Waals surface area contributed by atoms with E-state index in [9.17, 15) is 4.79 Å². The second kappa shape index (κ2) is 11.0.